The van der Waals surface area contributed by atoms with E-state index in [1.165, 1.54) is 17.7 Å². The zero-order valence-electron chi connectivity index (χ0n) is 11.7. The lowest BCUT2D eigenvalue weighted by Crippen LogP contribution is -2.29. The van der Waals surface area contributed by atoms with Gasteiger partial charge in [0.15, 0.2) is 0 Å². The average Bonchev–Trinajstić information content (AvgIpc) is 2.80. The average molecular weight is 288 g/mol. The summed E-state index contributed by atoms with van der Waals surface area (Å²) in [5.74, 6) is -1.14. The van der Waals surface area contributed by atoms with E-state index < -0.39 is 11.6 Å². The summed E-state index contributed by atoms with van der Waals surface area (Å²) in [5, 5.41) is 0. The van der Waals surface area contributed by atoms with Gasteiger partial charge in [-0.15, -0.1) is 0 Å². The minimum atomic E-state index is -0.552. The van der Waals surface area contributed by atoms with Crippen LogP contribution in [0.3, 0.4) is 0 Å². The number of rotatable bonds is 3. The fraction of sp³-hybridized carbons (Fsp3) is 0.294. The maximum Gasteiger partial charge on any atom is 0.129 e. The SMILES string of the molecule is N[C@@H]1CN(Cc2ccccc2)CC1c1ccc(F)cc1F. The molecule has 21 heavy (non-hydrogen) atoms. The van der Waals surface area contributed by atoms with Crippen LogP contribution in [0.15, 0.2) is 48.5 Å². The van der Waals surface area contributed by atoms with Crippen molar-refractivity contribution in [2.45, 2.75) is 18.5 Å². The molecule has 4 heteroatoms. The second-order valence-corrected chi connectivity index (χ2v) is 5.62. The van der Waals surface area contributed by atoms with Gasteiger partial charge in [-0.2, -0.15) is 0 Å². The number of likely N-dealkylation sites (tertiary alicyclic amines) is 1. The van der Waals surface area contributed by atoms with Crippen LogP contribution in [0.2, 0.25) is 0 Å². The van der Waals surface area contributed by atoms with Crippen molar-refractivity contribution >= 4 is 0 Å². The molecule has 0 spiro atoms. The van der Waals surface area contributed by atoms with Gasteiger partial charge in [-0.05, 0) is 17.2 Å². The summed E-state index contributed by atoms with van der Waals surface area (Å²) in [4.78, 5) is 2.22. The van der Waals surface area contributed by atoms with Crippen molar-refractivity contribution in [3.63, 3.8) is 0 Å². The van der Waals surface area contributed by atoms with E-state index in [9.17, 15) is 8.78 Å². The van der Waals surface area contributed by atoms with Gasteiger partial charge >= 0.3 is 0 Å². The molecule has 0 saturated carbocycles. The Bertz CT molecular complexity index is 615. The highest BCUT2D eigenvalue weighted by atomic mass is 19.1. The minimum absolute atomic E-state index is 0.0886. The minimum Gasteiger partial charge on any atom is -0.326 e. The molecule has 1 saturated heterocycles. The molecule has 110 valence electrons. The number of hydrogen-bond donors (Lipinski definition) is 1. The van der Waals surface area contributed by atoms with Crippen LogP contribution in [-0.2, 0) is 6.54 Å². The van der Waals surface area contributed by atoms with Crippen molar-refractivity contribution in [3.05, 3.63) is 71.3 Å². The summed E-state index contributed by atoms with van der Waals surface area (Å²) in [7, 11) is 0. The van der Waals surface area contributed by atoms with Crippen molar-refractivity contribution in [1.82, 2.24) is 4.90 Å². The standard InChI is InChI=1S/C17H18F2N2/c18-13-6-7-14(16(19)8-13)15-10-21(11-17(15)20)9-12-4-2-1-3-5-12/h1-8,15,17H,9-11,20H2/t15?,17-/m1/s1. The van der Waals surface area contributed by atoms with Crippen LogP contribution in [0.1, 0.15) is 17.0 Å². The van der Waals surface area contributed by atoms with Crippen LogP contribution < -0.4 is 5.73 Å². The second-order valence-electron chi connectivity index (χ2n) is 5.62. The van der Waals surface area contributed by atoms with E-state index in [2.05, 4.69) is 17.0 Å². The van der Waals surface area contributed by atoms with E-state index in [0.29, 0.717) is 12.1 Å². The normalized spacial score (nSPS) is 22.6. The molecule has 0 radical (unpaired) electrons. The Balaban J connectivity index is 1.74. The van der Waals surface area contributed by atoms with Crippen LogP contribution in [0.5, 0.6) is 0 Å². The number of nitrogens with zero attached hydrogens (tertiary/aromatic N) is 1. The lowest BCUT2D eigenvalue weighted by Gasteiger charge is -2.16. The topological polar surface area (TPSA) is 29.3 Å². The maximum absolute atomic E-state index is 13.9. The molecule has 0 bridgehead atoms. The molecule has 2 aromatic rings. The van der Waals surface area contributed by atoms with Gasteiger partial charge in [-0.25, -0.2) is 8.78 Å². The van der Waals surface area contributed by atoms with Gasteiger partial charge in [0.25, 0.3) is 0 Å². The third kappa shape index (κ3) is 3.12. The molecule has 1 fully saturated rings. The molecule has 3 rings (SSSR count). The lowest BCUT2D eigenvalue weighted by molar-refractivity contribution is 0.323. The largest absolute Gasteiger partial charge is 0.326 e. The Hall–Kier alpha value is -1.78. The summed E-state index contributed by atoms with van der Waals surface area (Å²) in [6.45, 7) is 2.21. The van der Waals surface area contributed by atoms with Crippen molar-refractivity contribution in [1.29, 1.82) is 0 Å². The first-order valence-corrected chi connectivity index (χ1v) is 7.10. The summed E-state index contributed by atoms with van der Waals surface area (Å²) >= 11 is 0. The zero-order chi connectivity index (χ0) is 14.8. The predicted molar refractivity (Wildman–Crippen MR) is 78.8 cm³/mol. The second kappa shape index (κ2) is 5.92. The third-order valence-electron chi connectivity index (χ3n) is 4.05. The highest BCUT2D eigenvalue weighted by molar-refractivity contribution is 5.26. The fourth-order valence-corrected chi connectivity index (χ4v) is 3.02. The van der Waals surface area contributed by atoms with Gasteiger partial charge in [0.2, 0.25) is 0 Å². The molecule has 1 unspecified atom stereocenters. The molecule has 2 nitrogen and oxygen atoms in total. The Morgan fingerprint density at radius 2 is 1.81 bits per heavy atom. The number of nitrogens with two attached hydrogens (primary N) is 1. The summed E-state index contributed by atoms with van der Waals surface area (Å²) in [6.07, 6.45) is 0. The van der Waals surface area contributed by atoms with E-state index in [1.54, 1.807) is 0 Å². The highest BCUT2D eigenvalue weighted by Gasteiger charge is 2.32. The highest BCUT2D eigenvalue weighted by Crippen LogP contribution is 2.29. The Labute approximate surface area is 123 Å². The first-order chi connectivity index (χ1) is 10.1. The van der Waals surface area contributed by atoms with Gasteiger partial charge in [0.1, 0.15) is 11.6 Å². The smallest absolute Gasteiger partial charge is 0.129 e. The molecule has 0 aromatic heterocycles. The van der Waals surface area contributed by atoms with Crippen molar-refractivity contribution in [2.75, 3.05) is 13.1 Å². The lowest BCUT2D eigenvalue weighted by atomic mass is 9.94. The molecule has 2 N–H and O–H groups in total. The molecule has 0 amide bonds. The van der Waals surface area contributed by atoms with Gasteiger partial charge < -0.3 is 5.73 Å². The Morgan fingerprint density at radius 3 is 2.52 bits per heavy atom. The molecule has 1 aliphatic heterocycles. The molecule has 1 heterocycles. The first-order valence-electron chi connectivity index (χ1n) is 7.10. The Morgan fingerprint density at radius 1 is 1.05 bits per heavy atom. The van der Waals surface area contributed by atoms with E-state index in [4.69, 9.17) is 5.73 Å². The van der Waals surface area contributed by atoms with Crippen molar-refractivity contribution in [2.24, 2.45) is 5.73 Å². The van der Waals surface area contributed by atoms with Gasteiger partial charge in [0, 0.05) is 37.7 Å². The number of benzene rings is 2. The molecular formula is C17H18F2N2. The van der Waals surface area contributed by atoms with E-state index in [-0.39, 0.29) is 12.0 Å². The van der Waals surface area contributed by atoms with E-state index >= 15 is 0 Å². The number of hydrogen-bond acceptors (Lipinski definition) is 2. The van der Waals surface area contributed by atoms with Crippen molar-refractivity contribution < 1.29 is 8.78 Å². The molecule has 1 aliphatic rings. The fourth-order valence-electron chi connectivity index (χ4n) is 3.02. The maximum atomic E-state index is 13.9. The third-order valence-corrected chi connectivity index (χ3v) is 4.05. The van der Waals surface area contributed by atoms with Crippen molar-refractivity contribution in [3.8, 4) is 0 Å². The predicted octanol–water partition coefficient (Wildman–Crippen LogP) is 2.89. The van der Waals surface area contributed by atoms with Gasteiger partial charge in [0.05, 0.1) is 0 Å². The summed E-state index contributed by atoms with van der Waals surface area (Å²) < 4.78 is 26.9. The van der Waals surface area contributed by atoms with Crippen LogP contribution in [0, 0.1) is 11.6 Å². The monoisotopic (exact) mass is 288 g/mol. The van der Waals surface area contributed by atoms with Gasteiger partial charge in [-0.3, -0.25) is 4.90 Å². The molecular weight excluding hydrogens is 270 g/mol. The summed E-state index contributed by atoms with van der Waals surface area (Å²) in [6, 6.07) is 13.7. The van der Waals surface area contributed by atoms with Crippen LogP contribution >= 0.6 is 0 Å². The first kappa shape index (κ1) is 14.2. The summed E-state index contributed by atoms with van der Waals surface area (Å²) in [5.41, 5.74) is 7.89. The van der Waals surface area contributed by atoms with Gasteiger partial charge in [-0.1, -0.05) is 36.4 Å². The van der Waals surface area contributed by atoms with E-state index in [0.717, 1.165) is 19.2 Å². The zero-order valence-corrected chi connectivity index (χ0v) is 11.7. The van der Waals surface area contributed by atoms with Crippen LogP contribution in [0.4, 0.5) is 8.78 Å². The van der Waals surface area contributed by atoms with E-state index in [1.807, 2.05) is 18.2 Å². The Kier molecular flexibility index (Phi) is 3.99. The molecule has 0 aliphatic carbocycles. The van der Waals surface area contributed by atoms with Crippen LogP contribution in [-0.4, -0.2) is 24.0 Å². The molecule has 2 atom stereocenters. The quantitative estimate of drug-likeness (QED) is 0.941. The number of halogens is 2. The molecule has 2 aromatic carbocycles. The van der Waals surface area contributed by atoms with Crippen LogP contribution in [0.25, 0.3) is 0 Å².